The van der Waals surface area contributed by atoms with E-state index in [-0.39, 0.29) is 36.4 Å². The minimum Gasteiger partial charge on any atom is -0.484 e. The molecule has 3 aliphatic carbocycles. The first kappa shape index (κ1) is 21.7. The Morgan fingerprint density at radius 3 is 2.47 bits per heavy atom. The highest BCUT2D eigenvalue weighted by Gasteiger charge is 2.47. The summed E-state index contributed by atoms with van der Waals surface area (Å²) < 4.78 is 5.54. The number of carbonyl (C=O) groups excluding carboxylic acids is 2. The Morgan fingerprint density at radius 2 is 1.77 bits per heavy atom. The van der Waals surface area contributed by atoms with E-state index in [4.69, 9.17) is 27.9 Å². The molecule has 6 nitrogen and oxygen atoms in total. The number of halogens is 2. The lowest BCUT2D eigenvalue weighted by Gasteiger charge is -2.51. The lowest BCUT2D eigenvalue weighted by Crippen LogP contribution is -2.61. The van der Waals surface area contributed by atoms with E-state index >= 15 is 0 Å². The second-order valence-electron chi connectivity index (χ2n) is 9.08. The topological polar surface area (TPSA) is 79.5 Å². The van der Waals surface area contributed by atoms with Crippen molar-refractivity contribution in [3.8, 4) is 5.75 Å². The maximum Gasteiger partial charge on any atom is 0.258 e. The van der Waals surface area contributed by atoms with E-state index < -0.39 is 0 Å². The van der Waals surface area contributed by atoms with Crippen LogP contribution in [0.25, 0.3) is 0 Å². The maximum atomic E-state index is 12.7. The Morgan fingerprint density at radius 1 is 1.03 bits per heavy atom. The van der Waals surface area contributed by atoms with Gasteiger partial charge in [0.15, 0.2) is 6.61 Å². The summed E-state index contributed by atoms with van der Waals surface area (Å²) in [7, 11) is 0. The number of fused-ring (bicyclic) bond motifs is 2. The molecule has 2 amide bonds. The molecule has 1 aromatic carbocycles. The van der Waals surface area contributed by atoms with Gasteiger partial charge in [0.05, 0.1) is 16.0 Å². The van der Waals surface area contributed by atoms with Gasteiger partial charge in [0, 0.05) is 24.7 Å². The molecule has 5 rings (SSSR count). The molecule has 2 unspecified atom stereocenters. The van der Waals surface area contributed by atoms with Crippen LogP contribution >= 0.6 is 23.2 Å². The summed E-state index contributed by atoms with van der Waals surface area (Å²) in [6.07, 6.45) is 3.84. The molecule has 4 aliphatic rings. The smallest absolute Gasteiger partial charge is 0.258 e. The summed E-state index contributed by atoms with van der Waals surface area (Å²) in [5.74, 6) is 2.09. The molecule has 3 saturated carbocycles. The minimum atomic E-state index is -0.160. The Kier molecular flexibility index (Phi) is 6.75. The molecule has 1 aliphatic heterocycles. The van der Waals surface area contributed by atoms with Crippen LogP contribution in [0.3, 0.4) is 0 Å². The van der Waals surface area contributed by atoms with Gasteiger partial charge in [-0.25, -0.2) is 0 Å². The van der Waals surface area contributed by atoms with Crippen molar-refractivity contribution in [3.63, 3.8) is 0 Å². The summed E-state index contributed by atoms with van der Waals surface area (Å²) >= 11 is 11.9. The summed E-state index contributed by atoms with van der Waals surface area (Å²) in [4.78, 5) is 25.2. The zero-order chi connectivity index (χ0) is 21.3. The number of nitrogens with one attached hydrogen (secondary N) is 3. The highest BCUT2D eigenvalue weighted by Crippen LogP contribution is 2.46. The lowest BCUT2D eigenvalue weighted by molar-refractivity contribution is -0.129. The third kappa shape index (κ3) is 5.04. The number of rotatable bonds is 6. The second kappa shape index (κ2) is 9.33. The molecule has 2 bridgehead atoms. The van der Waals surface area contributed by atoms with Crippen LogP contribution in [0.5, 0.6) is 5.75 Å². The summed E-state index contributed by atoms with van der Waals surface area (Å²) in [5.41, 5.74) is 0. The van der Waals surface area contributed by atoms with E-state index in [0.29, 0.717) is 33.5 Å². The van der Waals surface area contributed by atoms with Crippen molar-refractivity contribution in [2.45, 2.75) is 44.7 Å². The van der Waals surface area contributed by atoms with Crippen molar-refractivity contribution in [1.29, 1.82) is 0 Å². The van der Waals surface area contributed by atoms with Gasteiger partial charge in [-0.05, 0) is 62.1 Å². The third-order valence-corrected chi connectivity index (χ3v) is 7.47. The van der Waals surface area contributed by atoms with Gasteiger partial charge in [-0.15, -0.1) is 0 Å². The molecule has 1 aromatic rings. The predicted octanol–water partition coefficient (Wildman–Crippen LogP) is 3.02. The fourth-order valence-corrected chi connectivity index (χ4v) is 5.29. The first-order valence-electron chi connectivity index (χ1n) is 10.8. The Balaban J connectivity index is 1.26. The number of ether oxygens (including phenoxy) is 1. The van der Waals surface area contributed by atoms with Crippen LogP contribution in [0.4, 0.5) is 0 Å². The Bertz CT molecular complexity index is 800. The molecule has 0 spiro atoms. The van der Waals surface area contributed by atoms with Gasteiger partial charge in [-0.1, -0.05) is 30.1 Å². The monoisotopic (exact) mass is 453 g/mol. The van der Waals surface area contributed by atoms with Crippen molar-refractivity contribution in [3.05, 3.63) is 28.2 Å². The number of hydrogen-bond acceptors (Lipinski definition) is 4. The molecular weight excluding hydrogens is 425 g/mol. The molecular formula is C22H29Cl2N3O3. The van der Waals surface area contributed by atoms with Crippen molar-refractivity contribution in [1.82, 2.24) is 16.0 Å². The zero-order valence-corrected chi connectivity index (χ0v) is 18.6. The number of hydrogen-bond donors (Lipinski definition) is 3. The van der Waals surface area contributed by atoms with Gasteiger partial charge < -0.3 is 20.7 Å². The summed E-state index contributed by atoms with van der Waals surface area (Å²) in [6.45, 7) is 3.83. The first-order valence-corrected chi connectivity index (χ1v) is 11.5. The molecule has 3 N–H and O–H groups in total. The Hall–Kier alpha value is -1.50. The molecule has 164 valence electrons. The van der Waals surface area contributed by atoms with Gasteiger partial charge in [0.25, 0.3) is 5.91 Å². The van der Waals surface area contributed by atoms with E-state index in [9.17, 15) is 9.59 Å². The molecule has 4 atom stereocenters. The number of piperidine rings is 1. The number of benzene rings is 1. The third-order valence-electron chi connectivity index (χ3n) is 6.73. The van der Waals surface area contributed by atoms with Crippen LogP contribution in [-0.2, 0) is 9.59 Å². The maximum absolute atomic E-state index is 12.7. The quantitative estimate of drug-likeness (QED) is 0.618. The van der Waals surface area contributed by atoms with E-state index in [0.717, 1.165) is 38.8 Å². The molecule has 4 fully saturated rings. The van der Waals surface area contributed by atoms with Crippen molar-refractivity contribution in [2.75, 3.05) is 19.7 Å². The summed E-state index contributed by atoms with van der Waals surface area (Å²) in [6, 6.07) is 5.14. The molecule has 8 heteroatoms. The van der Waals surface area contributed by atoms with Crippen LogP contribution in [0.15, 0.2) is 18.2 Å². The highest BCUT2D eigenvalue weighted by atomic mass is 35.5. The average molecular weight is 454 g/mol. The largest absolute Gasteiger partial charge is 0.484 e. The van der Waals surface area contributed by atoms with E-state index in [1.54, 1.807) is 18.2 Å². The summed E-state index contributed by atoms with van der Waals surface area (Å²) in [5, 5.41) is 10.6. The first-order chi connectivity index (χ1) is 14.4. The van der Waals surface area contributed by atoms with Gasteiger partial charge in [0.1, 0.15) is 5.75 Å². The highest BCUT2D eigenvalue weighted by molar-refractivity contribution is 6.42. The molecule has 0 aromatic heterocycles. The molecule has 0 radical (unpaired) electrons. The van der Waals surface area contributed by atoms with Crippen LogP contribution in [0, 0.1) is 23.7 Å². The fraction of sp³-hybridized carbons (Fsp3) is 0.636. The molecule has 1 heterocycles. The second-order valence-corrected chi connectivity index (χ2v) is 9.89. The van der Waals surface area contributed by atoms with Crippen molar-refractivity contribution < 1.29 is 14.3 Å². The van der Waals surface area contributed by atoms with Gasteiger partial charge in [-0.2, -0.15) is 0 Å². The SMILES string of the molecule is CC1CNCC(C(=O)N[C@@H]2C[C@H](NC(=O)COc3ccc(Cl)c(Cl)c3)C3CC2C3)C1. The molecule has 30 heavy (non-hydrogen) atoms. The van der Waals surface area contributed by atoms with E-state index in [2.05, 4.69) is 22.9 Å². The predicted molar refractivity (Wildman–Crippen MR) is 117 cm³/mol. The molecule has 1 saturated heterocycles. The fourth-order valence-electron chi connectivity index (χ4n) is 5.00. The lowest BCUT2D eigenvalue weighted by atomic mass is 9.60. The van der Waals surface area contributed by atoms with Crippen molar-refractivity contribution in [2.24, 2.45) is 23.7 Å². The van der Waals surface area contributed by atoms with E-state index in [1.807, 2.05) is 0 Å². The standard InChI is InChI=1S/C22H29Cl2N3O3/c1-12-4-15(10-25-9-12)22(29)27-20-8-19(13-5-14(20)6-13)26-21(28)11-30-16-2-3-17(23)18(24)7-16/h2-3,7,12-15,19-20,25H,4-6,8-11H2,1H3,(H,26,28)(H,27,29)/t12?,13?,14?,15?,19-,20+/m0/s1. The van der Waals surface area contributed by atoms with Gasteiger partial charge in [-0.3, -0.25) is 9.59 Å². The number of amides is 2. The van der Waals surface area contributed by atoms with Crippen LogP contribution in [-0.4, -0.2) is 43.6 Å². The normalized spacial score (nSPS) is 32.6. The van der Waals surface area contributed by atoms with Crippen LogP contribution < -0.4 is 20.7 Å². The minimum absolute atomic E-state index is 0.0409. The van der Waals surface area contributed by atoms with Crippen LogP contribution in [0.1, 0.15) is 32.6 Å². The van der Waals surface area contributed by atoms with Crippen molar-refractivity contribution >= 4 is 35.0 Å². The van der Waals surface area contributed by atoms with Gasteiger partial charge in [0.2, 0.25) is 5.91 Å². The zero-order valence-electron chi connectivity index (χ0n) is 17.1. The Labute approximate surface area is 187 Å². The van der Waals surface area contributed by atoms with Crippen LogP contribution in [0.2, 0.25) is 10.0 Å². The average Bonchev–Trinajstić information content (AvgIpc) is 2.68. The van der Waals surface area contributed by atoms with Gasteiger partial charge >= 0.3 is 0 Å². The number of carbonyl (C=O) groups is 2. The van der Waals surface area contributed by atoms with E-state index in [1.165, 1.54) is 0 Å².